The van der Waals surface area contributed by atoms with Crippen molar-refractivity contribution in [3.63, 3.8) is 0 Å². The zero-order chi connectivity index (χ0) is 25.4. The molecule has 0 heterocycles. The first-order valence-electron chi connectivity index (χ1n) is 12.2. The van der Waals surface area contributed by atoms with Gasteiger partial charge in [-0.05, 0) is 103 Å². The first-order chi connectivity index (χ1) is 16.4. The Bertz CT molecular complexity index is 1190. The fourth-order valence-electron chi connectivity index (χ4n) is 7.84. The number of esters is 1. The maximum atomic E-state index is 13.2. The lowest BCUT2D eigenvalue weighted by atomic mass is 9.46. The Morgan fingerprint density at radius 1 is 1.17 bits per heavy atom. The van der Waals surface area contributed by atoms with Crippen LogP contribution in [-0.4, -0.2) is 33.3 Å². The number of rotatable bonds is 3. The summed E-state index contributed by atoms with van der Waals surface area (Å²) in [6, 6.07) is 6.96. The van der Waals surface area contributed by atoms with Crippen LogP contribution in [0.2, 0.25) is 0 Å². The minimum absolute atomic E-state index is 0.0348. The van der Waals surface area contributed by atoms with Gasteiger partial charge in [0.25, 0.3) is 0 Å². The Hall–Kier alpha value is -1.67. The zero-order valence-corrected chi connectivity index (χ0v) is 22.9. The van der Waals surface area contributed by atoms with Crippen LogP contribution >= 0.6 is 34.2 Å². The van der Waals surface area contributed by atoms with E-state index in [2.05, 4.69) is 36.1 Å². The standard InChI is InChI=1S/C28H30ClIO5/c1-16-13-22-21-8-7-18-15-20(31)9-10-25(18,2)27(21,29)12-11-26(22,3)28(16,24(33)34)35-23(32)17-5-4-6-19(30)14-17/h4-6,14-15,21-22H,1,7-13H2,2-3H3,(H,33,34)/t21-,22-,25-,26-,27+,28-/m0/s1. The predicted molar refractivity (Wildman–Crippen MR) is 141 cm³/mol. The Morgan fingerprint density at radius 2 is 1.91 bits per heavy atom. The maximum absolute atomic E-state index is 13.2. The molecule has 0 saturated heterocycles. The van der Waals surface area contributed by atoms with Gasteiger partial charge in [0, 0.05) is 20.8 Å². The van der Waals surface area contributed by atoms with Gasteiger partial charge in [-0.25, -0.2) is 9.59 Å². The van der Waals surface area contributed by atoms with Crippen LogP contribution in [-0.2, 0) is 14.3 Å². The highest BCUT2D eigenvalue weighted by Crippen LogP contribution is 2.72. The fraction of sp³-hybridized carbons (Fsp3) is 0.536. The summed E-state index contributed by atoms with van der Waals surface area (Å²) in [6.07, 6.45) is 6.12. The lowest BCUT2D eigenvalue weighted by molar-refractivity contribution is -0.175. The molecule has 0 spiro atoms. The number of benzene rings is 1. The topological polar surface area (TPSA) is 80.7 Å². The van der Waals surface area contributed by atoms with Gasteiger partial charge in [-0.2, -0.15) is 0 Å². The Labute approximate surface area is 224 Å². The van der Waals surface area contributed by atoms with Gasteiger partial charge >= 0.3 is 11.9 Å². The molecule has 3 fully saturated rings. The summed E-state index contributed by atoms with van der Waals surface area (Å²) in [5.41, 5.74) is -1.06. The van der Waals surface area contributed by atoms with Gasteiger partial charge in [-0.3, -0.25) is 4.79 Å². The highest BCUT2D eigenvalue weighted by molar-refractivity contribution is 14.1. The molecular weight excluding hydrogens is 579 g/mol. The van der Waals surface area contributed by atoms with Gasteiger partial charge in [-0.15, -0.1) is 11.6 Å². The summed E-state index contributed by atoms with van der Waals surface area (Å²) >= 11 is 9.68. The molecule has 1 aromatic rings. The number of carbonyl (C=O) groups is 3. The minimum Gasteiger partial charge on any atom is -0.478 e. The van der Waals surface area contributed by atoms with E-state index >= 15 is 0 Å². The van der Waals surface area contributed by atoms with Gasteiger partial charge in [0.15, 0.2) is 5.78 Å². The molecule has 3 saturated carbocycles. The van der Waals surface area contributed by atoms with E-state index in [1.807, 2.05) is 13.0 Å². The lowest BCUT2D eigenvalue weighted by Crippen LogP contribution is -2.64. The number of ether oxygens (including phenoxy) is 1. The molecule has 186 valence electrons. The number of halogens is 2. The van der Waals surface area contributed by atoms with E-state index in [4.69, 9.17) is 16.3 Å². The summed E-state index contributed by atoms with van der Waals surface area (Å²) < 4.78 is 6.87. The number of aliphatic carboxylic acids is 1. The molecule has 0 aliphatic heterocycles. The van der Waals surface area contributed by atoms with Crippen molar-refractivity contribution in [2.75, 3.05) is 0 Å². The summed E-state index contributed by atoms with van der Waals surface area (Å²) in [7, 11) is 0. The van der Waals surface area contributed by atoms with Crippen molar-refractivity contribution in [2.24, 2.45) is 22.7 Å². The van der Waals surface area contributed by atoms with Crippen LogP contribution in [0.15, 0.2) is 48.1 Å². The second kappa shape index (κ2) is 8.17. The molecule has 4 aliphatic carbocycles. The maximum Gasteiger partial charge on any atom is 0.353 e. The Balaban J connectivity index is 1.55. The first kappa shape index (κ1) is 25.0. The number of carbonyl (C=O) groups excluding carboxylic acids is 2. The third-order valence-electron chi connectivity index (χ3n) is 9.83. The predicted octanol–water partition coefficient (Wildman–Crippen LogP) is 6.33. The quantitative estimate of drug-likeness (QED) is 0.188. The van der Waals surface area contributed by atoms with Crippen molar-refractivity contribution < 1.29 is 24.2 Å². The van der Waals surface area contributed by atoms with Crippen LogP contribution in [0.4, 0.5) is 0 Å². The van der Waals surface area contributed by atoms with Crippen molar-refractivity contribution in [1.29, 1.82) is 0 Å². The number of ketones is 1. The van der Waals surface area contributed by atoms with E-state index in [9.17, 15) is 19.5 Å². The average molecular weight is 609 g/mol. The van der Waals surface area contributed by atoms with Crippen LogP contribution in [0, 0.1) is 26.2 Å². The molecule has 0 aromatic heterocycles. The van der Waals surface area contributed by atoms with Crippen molar-refractivity contribution in [2.45, 2.75) is 69.3 Å². The summed E-state index contributed by atoms with van der Waals surface area (Å²) in [6.45, 7) is 8.30. The van der Waals surface area contributed by atoms with E-state index in [1.54, 1.807) is 24.3 Å². The lowest BCUT2D eigenvalue weighted by Gasteiger charge is -2.62. The number of carboxylic acid groups (broad SMARTS) is 1. The van der Waals surface area contributed by atoms with E-state index in [1.165, 1.54) is 0 Å². The Kier molecular flexibility index (Phi) is 5.83. The van der Waals surface area contributed by atoms with Crippen molar-refractivity contribution in [1.82, 2.24) is 0 Å². The monoisotopic (exact) mass is 608 g/mol. The van der Waals surface area contributed by atoms with Crippen molar-refractivity contribution in [3.05, 3.63) is 57.2 Å². The number of alkyl halides is 1. The molecule has 0 bridgehead atoms. The summed E-state index contributed by atoms with van der Waals surface area (Å²) in [4.78, 5) is 37.8. The third-order valence-corrected chi connectivity index (χ3v) is 11.4. The van der Waals surface area contributed by atoms with Gasteiger partial charge in [0.2, 0.25) is 5.60 Å². The molecule has 0 radical (unpaired) electrons. The summed E-state index contributed by atoms with van der Waals surface area (Å²) in [5.74, 6) is -1.70. The molecule has 0 amide bonds. The second-order valence-corrected chi connectivity index (χ2v) is 13.1. The van der Waals surface area contributed by atoms with Gasteiger partial charge in [0.1, 0.15) is 0 Å². The van der Waals surface area contributed by atoms with Crippen LogP contribution < -0.4 is 0 Å². The molecule has 5 rings (SSSR count). The van der Waals surface area contributed by atoms with Crippen LogP contribution in [0.25, 0.3) is 0 Å². The number of hydrogen-bond donors (Lipinski definition) is 1. The highest BCUT2D eigenvalue weighted by Gasteiger charge is 2.74. The minimum atomic E-state index is -1.81. The first-order valence-corrected chi connectivity index (χ1v) is 13.7. The molecule has 1 N–H and O–H groups in total. The van der Waals surface area contributed by atoms with Crippen LogP contribution in [0.5, 0.6) is 0 Å². The van der Waals surface area contributed by atoms with Crippen LogP contribution in [0.3, 0.4) is 0 Å². The van der Waals surface area contributed by atoms with Crippen molar-refractivity contribution in [3.8, 4) is 0 Å². The summed E-state index contributed by atoms with van der Waals surface area (Å²) in [5, 5.41) is 10.6. The molecule has 0 unspecified atom stereocenters. The molecule has 1 aromatic carbocycles. The van der Waals surface area contributed by atoms with Crippen molar-refractivity contribution >= 4 is 51.9 Å². The van der Waals surface area contributed by atoms with E-state index in [-0.39, 0.29) is 23.0 Å². The highest BCUT2D eigenvalue weighted by atomic mass is 127. The van der Waals surface area contributed by atoms with E-state index in [0.717, 1.165) is 22.0 Å². The second-order valence-electron chi connectivity index (χ2n) is 11.2. The fourth-order valence-corrected chi connectivity index (χ4v) is 8.96. The number of fused-ring (bicyclic) bond motifs is 5. The number of carboxylic acids is 1. The largest absolute Gasteiger partial charge is 0.478 e. The average Bonchev–Trinajstić information content (AvgIpc) is 3.02. The van der Waals surface area contributed by atoms with Gasteiger partial charge < -0.3 is 9.84 Å². The zero-order valence-electron chi connectivity index (χ0n) is 20.0. The SMILES string of the molecule is C=C1C[C@H]2[C@@H]3CCC4=CC(=O)CC[C@]4(C)[C@@]3(Cl)CC[C@]2(C)[C@@]1(OC(=O)c1cccc(I)c1)C(=O)O. The molecule has 35 heavy (non-hydrogen) atoms. The number of hydrogen-bond acceptors (Lipinski definition) is 4. The number of allylic oxidation sites excluding steroid dienone is 1. The Morgan fingerprint density at radius 3 is 2.60 bits per heavy atom. The smallest absolute Gasteiger partial charge is 0.353 e. The van der Waals surface area contributed by atoms with Crippen LogP contribution in [0.1, 0.15) is 69.2 Å². The van der Waals surface area contributed by atoms with E-state index < -0.39 is 27.8 Å². The molecular formula is C28H30ClIO5. The molecule has 6 atom stereocenters. The molecule has 4 aliphatic rings. The van der Waals surface area contributed by atoms with E-state index in [0.29, 0.717) is 43.2 Å². The molecule has 5 nitrogen and oxygen atoms in total. The normalized spacial score (nSPS) is 40.3. The molecule has 7 heteroatoms. The van der Waals surface area contributed by atoms with Gasteiger partial charge in [-0.1, -0.05) is 32.1 Å². The van der Waals surface area contributed by atoms with Gasteiger partial charge in [0.05, 0.1) is 10.4 Å². The third kappa shape index (κ3) is 3.27.